The summed E-state index contributed by atoms with van der Waals surface area (Å²) in [5.74, 6) is -0.133. The van der Waals surface area contributed by atoms with Crippen LogP contribution in [0.3, 0.4) is 0 Å². The summed E-state index contributed by atoms with van der Waals surface area (Å²) in [4.78, 5) is 20.3. The second-order valence-corrected chi connectivity index (χ2v) is 6.44. The van der Waals surface area contributed by atoms with Crippen LogP contribution in [-0.4, -0.2) is 43.1 Å². The van der Waals surface area contributed by atoms with Gasteiger partial charge in [-0.2, -0.15) is 0 Å². The number of carbonyl (C=O) groups excluding carboxylic acids is 1. The van der Waals surface area contributed by atoms with Gasteiger partial charge in [0, 0.05) is 5.56 Å². The van der Waals surface area contributed by atoms with Gasteiger partial charge in [-0.25, -0.2) is 0 Å². The number of nitrogens with two attached hydrogens (primary N) is 3. The van der Waals surface area contributed by atoms with E-state index >= 15 is 0 Å². The van der Waals surface area contributed by atoms with Crippen molar-refractivity contribution in [1.82, 2.24) is 0 Å². The average molecular weight is 418 g/mol. The van der Waals surface area contributed by atoms with Crippen LogP contribution < -0.4 is 21.9 Å². The highest BCUT2D eigenvalue weighted by Crippen LogP contribution is 2.10. The molecule has 0 bridgehead atoms. The molecule has 0 spiro atoms. The zero-order valence-corrected chi connectivity index (χ0v) is 17.7. The first-order chi connectivity index (χ1) is 14.5. The lowest BCUT2D eigenvalue weighted by Gasteiger charge is -2.02. The van der Waals surface area contributed by atoms with Gasteiger partial charge < -0.3 is 27.0 Å². The van der Waals surface area contributed by atoms with E-state index in [0.29, 0.717) is 24.9 Å². The quantitative estimate of drug-likeness (QED) is 0.435. The first kappa shape index (κ1) is 27.3. The van der Waals surface area contributed by atoms with Crippen molar-refractivity contribution < 1.29 is 19.4 Å². The lowest BCUT2D eigenvalue weighted by Crippen LogP contribution is -2.30. The molecule has 0 radical (unpaired) electrons. The highest BCUT2D eigenvalue weighted by atomic mass is 16.5. The van der Waals surface area contributed by atoms with Crippen LogP contribution in [0.1, 0.15) is 42.1 Å². The molecule has 2 rings (SSSR count). The largest absolute Gasteiger partial charge is 0.494 e. The van der Waals surface area contributed by atoms with Crippen molar-refractivity contribution in [3.63, 3.8) is 0 Å². The highest BCUT2D eigenvalue weighted by molar-refractivity contribution is 5.74. The van der Waals surface area contributed by atoms with Gasteiger partial charge in [0.2, 0.25) is 0 Å². The zero-order valence-electron chi connectivity index (χ0n) is 17.7. The first-order valence-corrected chi connectivity index (χ1v) is 10.1. The number of benzene rings is 2. The third kappa shape index (κ3) is 14.3. The van der Waals surface area contributed by atoms with Gasteiger partial charge >= 0.3 is 5.97 Å². The lowest BCUT2D eigenvalue weighted by atomic mass is 10.2. The summed E-state index contributed by atoms with van der Waals surface area (Å²) in [6.45, 7) is 4.02. The van der Waals surface area contributed by atoms with Gasteiger partial charge in [-0.05, 0) is 68.6 Å². The molecular weight excluding hydrogens is 382 g/mol. The minimum Gasteiger partial charge on any atom is -0.494 e. The number of aliphatic carboxylic acids is 1. The molecule has 0 aromatic heterocycles. The number of rotatable bonds is 10. The van der Waals surface area contributed by atoms with Gasteiger partial charge in [-0.3, -0.25) is 9.59 Å². The third-order valence-electron chi connectivity index (χ3n) is 3.80. The molecule has 2 aromatic carbocycles. The fourth-order valence-electron chi connectivity index (χ4n) is 2.14. The zero-order chi connectivity index (χ0) is 22.6. The molecule has 0 aliphatic rings. The molecule has 0 aliphatic carbocycles. The van der Waals surface area contributed by atoms with E-state index in [4.69, 9.17) is 27.0 Å². The lowest BCUT2D eigenvalue weighted by molar-refractivity contribution is -0.138. The van der Waals surface area contributed by atoms with Crippen LogP contribution in [0.5, 0.6) is 5.75 Å². The molecule has 0 saturated carbocycles. The molecule has 0 saturated heterocycles. The molecular formula is C23H35N3O4. The van der Waals surface area contributed by atoms with Gasteiger partial charge in [0.1, 0.15) is 18.1 Å². The van der Waals surface area contributed by atoms with E-state index in [0.717, 1.165) is 38.0 Å². The van der Waals surface area contributed by atoms with E-state index in [1.54, 1.807) is 24.3 Å². The molecule has 0 amide bonds. The monoisotopic (exact) mass is 417 g/mol. The summed E-state index contributed by atoms with van der Waals surface area (Å²) in [6.07, 6.45) is 3.94. The fraction of sp³-hybridized carbons (Fsp3) is 0.391. The Morgan fingerprint density at radius 2 is 1.70 bits per heavy atom. The van der Waals surface area contributed by atoms with Crippen molar-refractivity contribution in [1.29, 1.82) is 0 Å². The van der Waals surface area contributed by atoms with Gasteiger partial charge in [-0.15, -0.1) is 0 Å². The minimum atomic E-state index is -0.955. The first-order valence-electron chi connectivity index (χ1n) is 10.1. The van der Waals surface area contributed by atoms with E-state index in [1.807, 2.05) is 18.2 Å². The summed E-state index contributed by atoms with van der Waals surface area (Å²) in [6, 6.07) is 16.6. The smallest absolute Gasteiger partial charge is 0.320 e. The van der Waals surface area contributed by atoms with Gasteiger partial charge in [0.05, 0.1) is 6.61 Å². The summed E-state index contributed by atoms with van der Waals surface area (Å²) >= 11 is 0. The molecule has 0 unspecified atom stereocenters. The van der Waals surface area contributed by atoms with Gasteiger partial charge in [0.15, 0.2) is 0 Å². The minimum absolute atomic E-state index is 0.464. The van der Waals surface area contributed by atoms with Crippen molar-refractivity contribution in [3.05, 3.63) is 65.7 Å². The topological polar surface area (TPSA) is 142 Å². The second kappa shape index (κ2) is 18.3. The predicted octanol–water partition coefficient (Wildman–Crippen LogP) is 2.61. The maximum absolute atomic E-state index is 10.3. The summed E-state index contributed by atoms with van der Waals surface area (Å²) in [5.41, 5.74) is 17.6. The number of hydrogen-bond donors (Lipinski definition) is 4. The van der Waals surface area contributed by atoms with Crippen LogP contribution in [0.25, 0.3) is 0 Å². The molecule has 0 heterocycles. The predicted molar refractivity (Wildman–Crippen MR) is 121 cm³/mol. The number of carboxylic acids is 1. The van der Waals surface area contributed by atoms with E-state index in [1.165, 1.54) is 5.56 Å². The van der Waals surface area contributed by atoms with Crippen LogP contribution in [-0.2, 0) is 11.2 Å². The third-order valence-corrected chi connectivity index (χ3v) is 3.80. The van der Waals surface area contributed by atoms with Crippen molar-refractivity contribution in [2.24, 2.45) is 17.2 Å². The number of carboxylic acid groups (broad SMARTS) is 1. The second-order valence-electron chi connectivity index (χ2n) is 6.44. The van der Waals surface area contributed by atoms with Gasteiger partial charge in [0.25, 0.3) is 0 Å². The molecule has 7 heteroatoms. The van der Waals surface area contributed by atoms with Crippen molar-refractivity contribution in [2.75, 3.05) is 19.7 Å². The Bertz CT molecular complexity index is 679. The van der Waals surface area contributed by atoms with Crippen LogP contribution >= 0.6 is 0 Å². The summed E-state index contributed by atoms with van der Waals surface area (Å²) in [7, 11) is 0. The van der Waals surface area contributed by atoms with E-state index in [9.17, 15) is 9.59 Å². The molecule has 30 heavy (non-hydrogen) atoms. The standard InChI is InChI=1S/C10H12O2.C8H11N.C5H12N2O2/c1-2-7-12-10-5-3-9(8-11)4-6-10;9-7-6-8-4-2-1-3-5-8;6-3-1-2-4(7)5(8)9/h3-6,8H,2,7H2,1H3;1-5H,6-7,9H2;4H,1-3,6-7H2,(H,8,9)/t;;4-/m..0/s1. The van der Waals surface area contributed by atoms with Crippen LogP contribution in [0.2, 0.25) is 0 Å². The van der Waals surface area contributed by atoms with Crippen molar-refractivity contribution in [3.8, 4) is 5.75 Å². The fourth-order valence-corrected chi connectivity index (χ4v) is 2.14. The van der Waals surface area contributed by atoms with Crippen LogP contribution in [0, 0.1) is 0 Å². The molecule has 7 nitrogen and oxygen atoms in total. The molecule has 1 atom stereocenters. The maximum atomic E-state index is 10.3. The molecule has 166 valence electrons. The molecule has 7 N–H and O–H groups in total. The maximum Gasteiger partial charge on any atom is 0.320 e. The molecule has 0 fully saturated rings. The molecule has 0 aliphatic heterocycles. The summed E-state index contributed by atoms with van der Waals surface area (Å²) < 4.78 is 5.34. The summed E-state index contributed by atoms with van der Waals surface area (Å²) in [5, 5.41) is 8.24. The Labute approximate surface area is 179 Å². The van der Waals surface area contributed by atoms with E-state index in [-0.39, 0.29) is 0 Å². The number of hydrogen-bond acceptors (Lipinski definition) is 6. The Morgan fingerprint density at radius 1 is 1.07 bits per heavy atom. The Balaban J connectivity index is 0.000000428. The Morgan fingerprint density at radius 3 is 2.17 bits per heavy atom. The molecule has 2 aromatic rings. The Kier molecular flexibility index (Phi) is 16.6. The van der Waals surface area contributed by atoms with Gasteiger partial charge in [-0.1, -0.05) is 37.3 Å². The normalized spacial score (nSPS) is 10.5. The van der Waals surface area contributed by atoms with Crippen LogP contribution in [0.4, 0.5) is 0 Å². The Hall–Kier alpha value is -2.74. The number of aldehydes is 1. The number of ether oxygens (including phenoxy) is 1. The van der Waals surface area contributed by atoms with Crippen molar-refractivity contribution >= 4 is 12.3 Å². The van der Waals surface area contributed by atoms with E-state index in [2.05, 4.69) is 19.1 Å². The SMILES string of the molecule is CCCOc1ccc(C=O)cc1.NCCC[C@H](N)C(=O)O.NCCc1ccccc1. The van der Waals surface area contributed by atoms with Crippen molar-refractivity contribution in [2.45, 2.75) is 38.6 Å². The highest BCUT2D eigenvalue weighted by Gasteiger charge is 2.08. The van der Waals surface area contributed by atoms with Crippen LogP contribution in [0.15, 0.2) is 54.6 Å². The van der Waals surface area contributed by atoms with E-state index < -0.39 is 12.0 Å². The average Bonchev–Trinajstić information content (AvgIpc) is 2.78. The number of carbonyl (C=O) groups is 2.